The summed E-state index contributed by atoms with van der Waals surface area (Å²) in [6.07, 6.45) is -0.593. The molecule has 122 valence electrons. The van der Waals surface area contributed by atoms with Crippen LogP contribution in [0.4, 0.5) is 5.69 Å². The Morgan fingerprint density at radius 3 is 2.35 bits per heavy atom. The molecule has 0 fully saturated rings. The third kappa shape index (κ3) is 4.73. The van der Waals surface area contributed by atoms with Gasteiger partial charge in [-0.15, -0.1) is 0 Å². The van der Waals surface area contributed by atoms with Crippen molar-refractivity contribution in [3.63, 3.8) is 0 Å². The van der Waals surface area contributed by atoms with E-state index in [1.807, 2.05) is 13.0 Å². The van der Waals surface area contributed by atoms with Crippen molar-refractivity contribution < 1.29 is 9.53 Å². The Morgan fingerprint density at radius 1 is 1.09 bits per heavy atom. The summed E-state index contributed by atoms with van der Waals surface area (Å²) in [6, 6.07) is 13.1. The van der Waals surface area contributed by atoms with Crippen LogP contribution in [0.2, 0.25) is 5.02 Å². The lowest BCUT2D eigenvalue weighted by Crippen LogP contribution is -2.30. The minimum Gasteiger partial charge on any atom is -0.481 e. The van der Waals surface area contributed by atoms with E-state index in [-0.39, 0.29) is 5.91 Å². The Labute approximate surface area is 142 Å². The Morgan fingerprint density at radius 2 is 1.74 bits per heavy atom. The molecule has 23 heavy (non-hydrogen) atoms. The monoisotopic (exact) mass is 331 g/mol. The number of benzene rings is 2. The molecule has 1 amide bonds. The average Bonchev–Trinajstić information content (AvgIpc) is 2.49. The van der Waals surface area contributed by atoms with Crippen LogP contribution >= 0.6 is 11.6 Å². The summed E-state index contributed by atoms with van der Waals surface area (Å²) >= 11 is 5.84. The van der Waals surface area contributed by atoms with Gasteiger partial charge in [-0.2, -0.15) is 0 Å². The maximum atomic E-state index is 12.3. The zero-order valence-corrected chi connectivity index (χ0v) is 14.6. The zero-order chi connectivity index (χ0) is 17.0. The molecule has 0 radical (unpaired) electrons. The Kier molecular flexibility index (Phi) is 5.67. The molecule has 2 rings (SSSR count). The van der Waals surface area contributed by atoms with Crippen molar-refractivity contribution >= 4 is 23.2 Å². The summed E-state index contributed by atoms with van der Waals surface area (Å²) in [4.78, 5) is 12.3. The molecule has 2 aromatic rings. The highest BCUT2D eigenvalue weighted by molar-refractivity contribution is 6.30. The highest BCUT2D eigenvalue weighted by Gasteiger charge is 2.17. The van der Waals surface area contributed by atoms with Crippen LogP contribution in [-0.2, 0) is 4.79 Å². The zero-order valence-electron chi connectivity index (χ0n) is 13.9. The number of anilines is 1. The summed E-state index contributed by atoms with van der Waals surface area (Å²) in [5.74, 6) is 0.902. The quantitative estimate of drug-likeness (QED) is 0.820. The van der Waals surface area contributed by atoms with Gasteiger partial charge in [-0.05, 0) is 61.2 Å². The van der Waals surface area contributed by atoms with Gasteiger partial charge in [0.05, 0.1) is 0 Å². The van der Waals surface area contributed by atoms with Crippen LogP contribution in [0, 0.1) is 6.92 Å². The number of nitrogens with one attached hydrogen (secondary N) is 1. The van der Waals surface area contributed by atoms with Crippen LogP contribution in [0.25, 0.3) is 0 Å². The second-order valence-corrected chi connectivity index (χ2v) is 6.39. The molecule has 1 N–H and O–H groups in total. The maximum Gasteiger partial charge on any atom is 0.265 e. The Hall–Kier alpha value is -2.00. The number of hydrogen-bond acceptors (Lipinski definition) is 2. The van der Waals surface area contributed by atoms with E-state index >= 15 is 0 Å². The van der Waals surface area contributed by atoms with E-state index in [1.54, 1.807) is 31.2 Å². The van der Waals surface area contributed by atoms with Gasteiger partial charge in [-0.25, -0.2) is 0 Å². The summed E-state index contributed by atoms with van der Waals surface area (Å²) in [5.41, 5.74) is 2.90. The number of carbonyl (C=O) groups excluding carboxylic acids is 1. The van der Waals surface area contributed by atoms with Gasteiger partial charge >= 0.3 is 0 Å². The number of hydrogen-bond donors (Lipinski definition) is 1. The van der Waals surface area contributed by atoms with Gasteiger partial charge in [0.1, 0.15) is 5.75 Å². The fraction of sp³-hybridized carbons (Fsp3) is 0.316. The van der Waals surface area contributed by atoms with Crippen molar-refractivity contribution in [1.82, 2.24) is 0 Å². The molecule has 0 unspecified atom stereocenters. The first-order valence-corrected chi connectivity index (χ1v) is 8.08. The predicted octanol–water partition coefficient (Wildman–Crippen LogP) is 5.18. The number of carbonyl (C=O) groups is 1. The van der Waals surface area contributed by atoms with Crippen molar-refractivity contribution in [2.75, 3.05) is 5.32 Å². The van der Waals surface area contributed by atoms with Crippen LogP contribution < -0.4 is 10.1 Å². The highest BCUT2D eigenvalue weighted by atomic mass is 35.5. The average molecular weight is 332 g/mol. The normalized spacial score (nSPS) is 12.1. The number of rotatable bonds is 5. The van der Waals surface area contributed by atoms with Crippen molar-refractivity contribution in [2.24, 2.45) is 0 Å². The molecule has 4 heteroatoms. The molecule has 0 bridgehead atoms. The van der Waals surface area contributed by atoms with Crippen LogP contribution in [0.1, 0.15) is 37.8 Å². The minimum absolute atomic E-state index is 0.191. The molecule has 0 aliphatic carbocycles. The van der Waals surface area contributed by atoms with Crippen LogP contribution in [0.3, 0.4) is 0 Å². The van der Waals surface area contributed by atoms with Gasteiger partial charge in [-0.3, -0.25) is 4.79 Å². The van der Waals surface area contributed by atoms with Crippen molar-refractivity contribution in [3.8, 4) is 5.75 Å². The SMILES string of the molecule is Cc1ccc(C(C)C)c(O[C@H](C)C(=O)Nc2ccc(Cl)cc2)c1. The maximum absolute atomic E-state index is 12.3. The molecule has 0 heterocycles. The topological polar surface area (TPSA) is 38.3 Å². The summed E-state index contributed by atoms with van der Waals surface area (Å²) in [6.45, 7) is 7.97. The fourth-order valence-electron chi connectivity index (χ4n) is 2.24. The van der Waals surface area contributed by atoms with Gasteiger partial charge < -0.3 is 10.1 Å². The van der Waals surface area contributed by atoms with Gasteiger partial charge in [0, 0.05) is 10.7 Å². The molecule has 0 aromatic heterocycles. The molecule has 1 atom stereocenters. The third-order valence-electron chi connectivity index (χ3n) is 3.58. The number of ether oxygens (including phenoxy) is 1. The molecular formula is C19H22ClNO2. The van der Waals surface area contributed by atoms with Crippen molar-refractivity contribution in [1.29, 1.82) is 0 Å². The van der Waals surface area contributed by atoms with Gasteiger partial charge in [0.2, 0.25) is 0 Å². The van der Waals surface area contributed by atoms with Crippen LogP contribution in [0.5, 0.6) is 5.75 Å². The Bertz CT molecular complexity index is 680. The molecule has 0 aliphatic heterocycles. The second kappa shape index (κ2) is 7.51. The van der Waals surface area contributed by atoms with E-state index in [2.05, 4.69) is 31.3 Å². The van der Waals surface area contributed by atoms with E-state index in [0.717, 1.165) is 16.9 Å². The minimum atomic E-state index is -0.593. The molecule has 2 aromatic carbocycles. The lowest BCUT2D eigenvalue weighted by molar-refractivity contribution is -0.122. The second-order valence-electron chi connectivity index (χ2n) is 5.95. The molecule has 0 spiro atoms. The number of aryl methyl sites for hydroxylation is 1. The molecule has 0 aliphatic rings. The standard InChI is InChI=1S/C19H22ClNO2/c1-12(2)17-10-5-13(3)11-18(17)23-14(4)19(22)21-16-8-6-15(20)7-9-16/h5-12,14H,1-4H3,(H,21,22)/t14-/m1/s1. The van der Waals surface area contributed by atoms with E-state index in [4.69, 9.17) is 16.3 Å². The summed E-state index contributed by atoms with van der Waals surface area (Å²) < 4.78 is 5.91. The smallest absolute Gasteiger partial charge is 0.265 e. The van der Waals surface area contributed by atoms with Crippen molar-refractivity contribution in [3.05, 3.63) is 58.6 Å². The molecule has 3 nitrogen and oxygen atoms in total. The molecule has 0 saturated carbocycles. The van der Waals surface area contributed by atoms with Crippen molar-refractivity contribution in [2.45, 2.75) is 39.7 Å². The summed E-state index contributed by atoms with van der Waals surface area (Å²) in [5, 5.41) is 3.46. The first kappa shape index (κ1) is 17.4. The first-order valence-electron chi connectivity index (χ1n) is 7.70. The molecular weight excluding hydrogens is 310 g/mol. The molecule has 0 saturated heterocycles. The van der Waals surface area contributed by atoms with E-state index in [1.165, 1.54) is 0 Å². The lowest BCUT2D eigenvalue weighted by atomic mass is 10.0. The number of amides is 1. The van der Waals surface area contributed by atoms with E-state index < -0.39 is 6.10 Å². The third-order valence-corrected chi connectivity index (χ3v) is 3.83. The summed E-state index contributed by atoms with van der Waals surface area (Å²) in [7, 11) is 0. The van der Waals surface area contributed by atoms with Gasteiger partial charge in [0.15, 0.2) is 6.10 Å². The van der Waals surface area contributed by atoms with Crippen LogP contribution in [-0.4, -0.2) is 12.0 Å². The van der Waals surface area contributed by atoms with E-state index in [9.17, 15) is 4.79 Å². The van der Waals surface area contributed by atoms with Gasteiger partial charge in [-0.1, -0.05) is 37.6 Å². The van der Waals surface area contributed by atoms with Crippen LogP contribution in [0.15, 0.2) is 42.5 Å². The van der Waals surface area contributed by atoms with Gasteiger partial charge in [0.25, 0.3) is 5.91 Å². The predicted molar refractivity (Wildman–Crippen MR) is 95.4 cm³/mol. The van der Waals surface area contributed by atoms with E-state index in [0.29, 0.717) is 16.6 Å². The fourth-order valence-corrected chi connectivity index (χ4v) is 2.37. The lowest BCUT2D eigenvalue weighted by Gasteiger charge is -2.19. The highest BCUT2D eigenvalue weighted by Crippen LogP contribution is 2.28. The first-order chi connectivity index (χ1) is 10.9. The largest absolute Gasteiger partial charge is 0.481 e. The number of halogens is 1. The Balaban J connectivity index is 2.09.